The molecule has 0 aliphatic rings. The molecule has 1 aromatic heterocycles. The Labute approximate surface area is 160 Å². The van der Waals surface area contributed by atoms with Crippen LogP contribution in [0.5, 0.6) is 0 Å². The third-order valence-electron chi connectivity index (χ3n) is 3.31. The second kappa shape index (κ2) is 10.6. The van der Waals surface area contributed by atoms with Crippen LogP contribution in [-0.4, -0.2) is 60.3 Å². The van der Waals surface area contributed by atoms with Crippen LogP contribution in [0.4, 0.5) is 5.13 Å². The van der Waals surface area contributed by atoms with Crippen LogP contribution < -0.4 is 5.32 Å². The number of amides is 1. The second-order valence-corrected chi connectivity index (χ2v) is 8.26. The van der Waals surface area contributed by atoms with Crippen LogP contribution in [0.25, 0.3) is 0 Å². The number of hydrogen-bond acceptors (Lipinski definition) is 8. The van der Waals surface area contributed by atoms with Crippen molar-refractivity contribution in [1.82, 2.24) is 15.1 Å². The minimum atomic E-state index is 0.0723. The summed E-state index contributed by atoms with van der Waals surface area (Å²) in [6, 6.07) is 8.27. The fraction of sp³-hybridized carbons (Fsp3) is 0.438. The van der Waals surface area contributed by atoms with Crippen molar-refractivity contribution in [3.63, 3.8) is 0 Å². The van der Waals surface area contributed by atoms with Crippen LogP contribution >= 0.6 is 34.9 Å². The summed E-state index contributed by atoms with van der Waals surface area (Å²) in [5.41, 5.74) is 1.12. The van der Waals surface area contributed by atoms with Crippen molar-refractivity contribution in [2.24, 2.45) is 0 Å². The van der Waals surface area contributed by atoms with Crippen molar-refractivity contribution < 1.29 is 9.53 Å². The maximum atomic E-state index is 12.3. The van der Waals surface area contributed by atoms with Gasteiger partial charge in [-0.25, -0.2) is 0 Å². The Hall–Kier alpha value is -1.29. The predicted molar refractivity (Wildman–Crippen MR) is 106 cm³/mol. The highest BCUT2D eigenvalue weighted by molar-refractivity contribution is 8.01. The van der Waals surface area contributed by atoms with Gasteiger partial charge in [0.2, 0.25) is 11.0 Å². The summed E-state index contributed by atoms with van der Waals surface area (Å²) in [5.74, 6) is 0.426. The Balaban J connectivity index is 1.76. The maximum absolute atomic E-state index is 12.3. The zero-order chi connectivity index (χ0) is 18.1. The van der Waals surface area contributed by atoms with Crippen molar-refractivity contribution >= 4 is 45.9 Å². The quantitative estimate of drug-likeness (QED) is 0.487. The van der Waals surface area contributed by atoms with E-state index in [-0.39, 0.29) is 5.91 Å². The van der Waals surface area contributed by atoms with Gasteiger partial charge < -0.3 is 15.0 Å². The topological polar surface area (TPSA) is 67.3 Å². The van der Waals surface area contributed by atoms with Crippen molar-refractivity contribution in [2.45, 2.75) is 15.8 Å². The van der Waals surface area contributed by atoms with E-state index in [2.05, 4.69) is 39.8 Å². The number of carbonyl (C=O) groups is 1. The molecule has 1 N–H and O–H groups in total. The number of nitrogens with one attached hydrogen (secondary N) is 1. The Morgan fingerprint density at radius 2 is 2.08 bits per heavy atom. The number of nitrogens with zero attached hydrogens (tertiary/aromatic N) is 3. The van der Waals surface area contributed by atoms with Gasteiger partial charge in [-0.3, -0.25) is 4.79 Å². The van der Waals surface area contributed by atoms with Gasteiger partial charge in [0.15, 0.2) is 4.34 Å². The zero-order valence-corrected chi connectivity index (χ0v) is 17.0. The normalized spacial score (nSPS) is 10.7. The number of methoxy groups -OCH3 is 1. The van der Waals surface area contributed by atoms with Crippen LogP contribution in [0.15, 0.2) is 33.5 Å². The van der Waals surface area contributed by atoms with Gasteiger partial charge in [0.1, 0.15) is 0 Å². The van der Waals surface area contributed by atoms with E-state index in [1.165, 1.54) is 28.0 Å². The highest BCUT2D eigenvalue weighted by Crippen LogP contribution is 2.25. The SMILES string of the molecule is COCCNc1nnc(SCC(=O)N(C)Cc2ccc(SC)cc2)s1. The molecule has 0 saturated heterocycles. The van der Waals surface area contributed by atoms with Crippen molar-refractivity contribution in [2.75, 3.05) is 44.6 Å². The van der Waals surface area contributed by atoms with E-state index >= 15 is 0 Å². The second-order valence-electron chi connectivity index (χ2n) is 5.18. The minimum absolute atomic E-state index is 0.0723. The molecule has 25 heavy (non-hydrogen) atoms. The van der Waals surface area contributed by atoms with Gasteiger partial charge in [-0.2, -0.15) is 0 Å². The lowest BCUT2D eigenvalue weighted by Gasteiger charge is -2.16. The third-order valence-corrected chi connectivity index (χ3v) is 6.06. The Kier molecular flexibility index (Phi) is 8.53. The minimum Gasteiger partial charge on any atom is -0.383 e. The van der Waals surface area contributed by atoms with Gasteiger partial charge in [-0.1, -0.05) is 35.2 Å². The van der Waals surface area contributed by atoms with Gasteiger partial charge in [0.25, 0.3) is 0 Å². The summed E-state index contributed by atoms with van der Waals surface area (Å²) < 4.78 is 5.76. The standard InChI is InChI=1S/C16H22N4O2S3/c1-20(10-12-4-6-13(23-3)7-5-12)14(21)11-24-16-19-18-15(25-16)17-8-9-22-2/h4-7H,8-11H2,1-3H3,(H,17,18). The predicted octanol–water partition coefficient (Wildman–Crippen LogP) is 3.07. The average molecular weight is 399 g/mol. The van der Waals surface area contributed by atoms with Crippen LogP contribution in [0.2, 0.25) is 0 Å². The molecular weight excluding hydrogens is 376 g/mol. The summed E-state index contributed by atoms with van der Waals surface area (Å²) in [5, 5.41) is 12.0. The molecule has 6 nitrogen and oxygen atoms in total. The molecule has 0 aliphatic heterocycles. The van der Waals surface area contributed by atoms with Gasteiger partial charge in [-0.05, 0) is 24.0 Å². The summed E-state index contributed by atoms with van der Waals surface area (Å²) in [6.45, 7) is 1.91. The van der Waals surface area contributed by atoms with Gasteiger partial charge in [-0.15, -0.1) is 22.0 Å². The van der Waals surface area contributed by atoms with E-state index in [9.17, 15) is 4.79 Å². The number of hydrogen-bond donors (Lipinski definition) is 1. The Morgan fingerprint density at radius 3 is 2.76 bits per heavy atom. The number of anilines is 1. The lowest BCUT2D eigenvalue weighted by atomic mass is 10.2. The van der Waals surface area contributed by atoms with E-state index in [0.29, 0.717) is 25.4 Å². The highest BCUT2D eigenvalue weighted by atomic mass is 32.2. The lowest BCUT2D eigenvalue weighted by molar-refractivity contribution is -0.127. The van der Waals surface area contributed by atoms with Crippen LogP contribution in [0, 0.1) is 0 Å². The van der Waals surface area contributed by atoms with Gasteiger partial charge >= 0.3 is 0 Å². The van der Waals surface area contributed by atoms with E-state index in [4.69, 9.17) is 4.74 Å². The van der Waals surface area contributed by atoms with Crippen LogP contribution in [0.3, 0.4) is 0 Å². The Bertz CT molecular complexity index is 664. The van der Waals surface area contributed by atoms with Gasteiger partial charge in [0, 0.05) is 32.1 Å². The first-order chi connectivity index (χ1) is 12.1. The number of aromatic nitrogens is 2. The fourth-order valence-electron chi connectivity index (χ4n) is 1.93. The molecule has 0 bridgehead atoms. The number of benzene rings is 1. The molecule has 0 fully saturated rings. The van der Waals surface area contributed by atoms with E-state index < -0.39 is 0 Å². The first-order valence-corrected chi connectivity index (χ1v) is 10.7. The highest BCUT2D eigenvalue weighted by Gasteiger charge is 2.12. The molecule has 0 radical (unpaired) electrons. The number of thioether (sulfide) groups is 2. The average Bonchev–Trinajstić information content (AvgIpc) is 3.08. The molecule has 9 heteroatoms. The molecule has 0 aliphatic carbocycles. The number of rotatable bonds is 10. The number of ether oxygens (including phenoxy) is 1. The molecule has 2 rings (SSSR count). The molecule has 136 valence electrons. The number of carbonyl (C=O) groups excluding carboxylic acids is 1. The van der Waals surface area contributed by atoms with Crippen LogP contribution in [0.1, 0.15) is 5.56 Å². The summed E-state index contributed by atoms with van der Waals surface area (Å²) in [6.07, 6.45) is 2.05. The van der Waals surface area contributed by atoms with Crippen molar-refractivity contribution in [3.05, 3.63) is 29.8 Å². The van der Waals surface area contributed by atoms with Crippen LogP contribution in [-0.2, 0) is 16.1 Å². The lowest BCUT2D eigenvalue weighted by Crippen LogP contribution is -2.27. The molecular formula is C16H22N4O2S3. The molecule has 2 aromatic rings. The smallest absolute Gasteiger partial charge is 0.233 e. The van der Waals surface area contributed by atoms with E-state index in [1.54, 1.807) is 23.8 Å². The molecule has 0 spiro atoms. The maximum Gasteiger partial charge on any atom is 0.233 e. The molecule has 1 aromatic carbocycles. The molecule has 0 saturated carbocycles. The fourth-order valence-corrected chi connectivity index (χ4v) is 4.05. The van der Waals surface area contributed by atoms with Crippen molar-refractivity contribution in [1.29, 1.82) is 0 Å². The monoisotopic (exact) mass is 398 g/mol. The van der Waals surface area contributed by atoms with E-state index in [1.807, 2.05) is 13.3 Å². The summed E-state index contributed by atoms with van der Waals surface area (Å²) in [7, 11) is 3.48. The molecule has 1 heterocycles. The summed E-state index contributed by atoms with van der Waals surface area (Å²) >= 11 is 4.57. The molecule has 0 atom stereocenters. The van der Waals surface area contributed by atoms with Crippen molar-refractivity contribution in [3.8, 4) is 0 Å². The molecule has 1 amide bonds. The Morgan fingerprint density at radius 1 is 1.32 bits per heavy atom. The third kappa shape index (κ3) is 6.85. The van der Waals surface area contributed by atoms with E-state index in [0.717, 1.165) is 15.0 Å². The first-order valence-electron chi connectivity index (χ1n) is 7.68. The first kappa shape index (κ1) is 20.0. The largest absolute Gasteiger partial charge is 0.383 e. The van der Waals surface area contributed by atoms with Gasteiger partial charge in [0.05, 0.1) is 12.4 Å². The molecule has 0 unspecified atom stereocenters. The summed E-state index contributed by atoms with van der Waals surface area (Å²) in [4.78, 5) is 15.2. The zero-order valence-electron chi connectivity index (χ0n) is 14.5.